The molecule has 2 nitrogen and oxygen atoms in total. The minimum absolute atomic E-state index is 0.0387. The third-order valence-electron chi connectivity index (χ3n) is 3.06. The fraction of sp³-hybridized carbons (Fsp3) is 0.417. The zero-order valence-corrected chi connectivity index (χ0v) is 10.6. The molecule has 5 heteroatoms. The maximum absolute atomic E-state index is 13.2. The first-order chi connectivity index (χ1) is 8.08. The molecule has 1 aromatic carbocycles. The number of carbonyl (C=O) groups excluding carboxylic acids is 1. The molecule has 1 aliphatic rings. The van der Waals surface area contributed by atoms with Crippen LogP contribution < -0.4 is 5.32 Å². The summed E-state index contributed by atoms with van der Waals surface area (Å²) in [4.78, 5) is 11.8. The Kier molecular flexibility index (Phi) is 3.59. The summed E-state index contributed by atoms with van der Waals surface area (Å²) in [6.07, 6.45) is 2.04. The number of hydrogen-bond acceptors (Lipinski definition) is 1. The van der Waals surface area contributed by atoms with Crippen molar-refractivity contribution in [3.63, 3.8) is 0 Å². The maximum atomic E-state index is 13.2. The summed E-state index contributed by atoms with van der Waals surface area (Å²) in [6.45, 7) is 0.516. The van der Waals surface area contributed by atoms with Crippen molar-refractivity contribution in [2.75, 3.05) is 12.4 Å². The van der Waals surface area contributed by atoms with Crippen LogP contribution in [0.2, 0.25) is 5.02 Å². The molecule has 1 aromatic rings. The zero-order valence-electron chi connectivity index (χ0n) is 9.10. The van der Waals surface area contributed by atoms with Crippen LogP contribution in [0.4, 0.5) is 4.39 Å². The van der Waals surface area contributed by atoms with Crippen LogP contribution in [-0.2, 0) is 0 Å². The van der Waals surface area contributed by atoms with Crippen molar-refractivity contribution in [1.82, 2.24) is 5.32 Å². The zero-order chi connectivity index (χ0) is 12.5. The maximum Gasteiger partial charge on any atom is 0.252 e. The largest absolute Gasteiger partial charge is 0.351 e. The Bertz CT molecular complexity index is 446. The molecule has 1 N–H and O–H groups in total. The van der Waals surface area contributed by atoms with E-state index in [1.54, 1.807) is 0 Å². The highest BCUT2D eigenvalue weighted by molar-refractivity contribution is 6.34. The van der Waals surface area contributed by atoms with Gasteiger partial charge >= 0.3 is 0 Å². The van der Waals surface area contributed by atoms with E-state index in [0.717, 1.165) is 12.8 Å². The second kappa shape index (κ2) is 4.83. The molecule has 17 heavy (non-hydrogen) atoms. The molecule has 2 rings (SSSR count). The van der Waals surface area contributed by atoms with Crippen LogP contribution in [0.5, 0.6) is 0 Å². The average Bonchev–Trinajstić information content (AvgIpc) is 3.10. The van der Waals surface area contributed by atoms with Gasteiger partial charge in [0.25, 0.3) is 5.91 Å². The lowest BCUT2D eigenvalue weighted by Gasteiger charge is -2.13. The Hall–Kier alpha value is -0.800. The van der Waals surface area contributed by atoms with E-state index < -0.39 is 5.82 Å². The minimum atomic E-state index is -0.585. The van der Waals surface area contributed by atoms with Gasteiger partial charge in [-0.15, -0.1) is 11.6 Å². The lowest BCUT2D eigenvalue weighted by atomic mass is 10.1. The van der Waals surface area contributed by atoms with Crippen LogP contribution in [0.3, 0.4) is 0 Å². The minimum Gasteiger partial charge on any atom is -0.351 e. The van der Waals surface area contributed by atoms with E-state index in [1.165, 1.54) is 18.2 Å². The van der Waals surface area contributed by atoms with E-state index in [2.05, 4.69) is 5.32 Å². The molecular formula is C12H12Cl2FNO. The Morgan fingerprint density at radius 1 is 1.47 bits per heavy atom. The third kappa shape index (κ3) is 2.72. The summed E-state index contributed by atoms with van der Waals surface area (Å²) in [5.41, 5.74) is 0.203. The quantitative estimate of drug-likeness (QED) is 0.840. The van der Waals surface area contributed by atoms with Gasteiger partial charge in [-0.1, -0.05) is 17.7 Å². The van der Waals surface area contributed by atoms with Gasteiger partial charge < -0.3 is 5.32 Å². The fourth-order valence-corrected chi connectivity index (χ4v) is 2.15. The molecule has 0 spiro atoms. The van der Waals surface area contributed by atoms with Crippen LogP contribution >= 0.6 is 23.2 Å². The second-order valence-electron chi connectivity index (χ2n) is 4.42. The first kappa shape index (κ1) is 12.7. The molecule has 0 aromatic heterocycles. The fourth-order valence-electron chi connectivity index (χ4n) is 1.58. The molecule has 0 unspecified atom stereocenters. The predicted molar refractivity (Wildman–Crippen MR) is 66.1 cm³/mol. The summed E-state index contributed by atoms with van der Waals surface area (Å²) >= 11 is 11.5. The van der Waals surface area contributed by atoms with E-state index in [-0.39, 0.29) is 21.9 Å². The van der Waals surface area contributed by atoms with Gasteiger partial charge in [-0.25, -0.2) is 4.39 Å². The molecule has 0 aliphatic heterocycles. The van der Waals surface area contributed by atoms with Gasteiger partial charge in [0.2, 0.25) is 0 Å². The number of halogens is 3. The summed E-state index contributed by atoms with van der Waals surface area (Å²) in [5, 5.41) is 2.61. The van der Waals surface area contributed by atoms with E-state index >= 15 is 0 Å². The molecule has 1 fully saturated rings. The first-order valence-electron chi connectivity index (χ1n) is 5.36. The SMILES string of the molecule is O=C(NCC1(CCl)CC1)c1cccc(F)c1Cl. The molecule has 1 aliphatic carbocycles. The monoisotopic (exact) mass is 275 g/mol. The number of alkyl halides is 1. The van der Waals surface area contributed by atoms with Crippen LogP contribution in [-0.4, -0.2) is 18.3 Å². The first-order valence-corrected chi connectivity index (χ1v) is 6.27. The van der Waals surface area contributed by atoms with E-state index in [4.69, 9.17) is 23.2 Å². The van der Waals surface area contributed by atoms with Crippen molar-refractivity contribution < 1.29 is 9.18 Å². The van der Waals surface area contributed by atoms with Crippen molar-refractivity contribution in [1.29, 1.82) is 0 Å². The smallest absolute Gasteiger partial charge is 0.252 e. The van der Waals surface area contributed by atoms with Crippen LogP contribution in [0.25, 0.3) is 0 Å². The van der Waals surface area contributed by atoms with E-state index in [1.807, 2.05) is 0 Å². The number of carbonyl (C=O) groups is 1. The Balaban J connectivity index is 2.02. The number of rotatable bonds is 4. The summed E-state index contributed by atoms with van der Waals surface area (Å²) in [6, 6.07) is 4.19. The Morgan fingerprint density at radius 3 is 2.76 bits per heavy atom. The lowest BCUT2D eigenvalue weighted by molar-refractivity contribution is 0.0946. The standard InChI is InChI=1S/C12H12Cl2FNO/c13-6-12(4-5-12)7-16-11(17)8-2-1-3-9(15)10(8)14/h1-3H,4-7H2,(H,16,17). The summed E-state index contributed by atoms with van der Waals surface area (Å²) in [5.74, 6) is -0.409. The van der Waals surface area contributed by atoms with Crippen molar-refractivity contribution >= 4 is 29.1 Å². The molecule has 92 valence electrons. The van der Waals surface area contributed by atoms with Crippen LogP contribution in [0.15, 0.2) is 18.2 Å². The highest BCUT2D eigenvalue weighted by atomic mass is 35.5. The summed E-state index contributed by atoms with van der Waals surface area (Å²) in [7, 11) is 0. The van der Waals surface area contributed by atoms with Gasteiger partial charge in [0.05, 0.1) is 10.6 Å². The molecule has 0 radical (unpaired) electrons. The number of hydrogen-bond donors (Lipinski definition) is 1. The van der Waals surface area contributed by atoms with Gasteiger partial charge in [-0.2, -0.15) is 0 Å². The summed E-state index contributed by atoms with van der Waals surface area (Å²) < 4.78 is 13.2. The van der Waals surface area contributed by atoms with Crippen molar-refractivity contribution in [3.8, 4) is 0 Å². The van der Waals surface area contributed by atoms with Crippen molar-refractivity contribution in [2.45, 2.75) is 12.8 Å². The van der Waals surface area contributed by atoms with Gasteiger partial charge in [0.15, 0.2) is 0 Å². The number of benzene rings is 1. The topological polar surface area (TPSA) is 29.1 Å². The van der Waals surface area contributed by atoms with Crippen LogP contribution in [0, 0.1) is 11.2 Å². The molecule has 1 amide bonds. The van der Waals surface area contributed by atoms with Gasteiger partial charge in [-0.05, 0) is 25.0 Å². The Labute approximate surface area is 109 Å². The lowest BCUT2D eigenvalue weighted by Crippen LogP contribution is -2.31. The van der Waals surface area contributed by atoms with Gasteiger partial charge in [-0.3, -0.25) is 4.79 Å². The van der Waals surface area contributed by atoms with Crippen LogP contribution in [0.1, 0.15) is 23.2 Å². The average molecular weight is 276 g/mol. The normalized spacial score (nSPS) is 16.6. The van der Waals surface area contributed by atoms with E-state index in [0.29, 0.717) is 12.4 Å². The molecular weight excluding hydrogens is 264 g/mol. The molecule has 0 atom stereocenters. The molecule has 0 bridgehead atoms. The van der Waals surface area contributed by atoms with Gasteiger partial charge in [0, 0.05) is 17.8 Å². The van der Waals surface area contributed by atoms with Crippen molar-refractivity contribution in [3.05, 3.63) is 34.6 Å². The van der Waals surface area contributed by atoms with E-state index in [9.17, 15) is 9.18 Å². The highest BCUT2D eigenvalue weighted by Crippen LogP contribution is 2.45. The third-order valence-corrected chi connectivity index (χ3v) is 4.01. The Morgan fingerprint density at radius 2 is 2.18 bits per heavy atom. The van der Waals surface area contributed by atoms with Gasteiger partial charge in [0.1, 0.15) is 5.82 Å². The predicted octanol–water partition coefficient (Wildman–Crippen LogP) is 3.23. The number of nitrogens with one attached hydrogen (secondary N) is 1. The highest BCUT2D eigenvalue weighted by Gasteiger charge is 2.41. The van der Waals surface area contributed by atoms with Crippen molar-refractivity contribution in [2.24, 2.45) is 5.41 Å². The molecule has 0 saturated heterocycles. The molecule has 0 heterocycles. The molecule has 1 saturated carbocycles. The number of amides is 1. The second-order valence-corrected chi connectivity index (χ2v) is 5.06.